The molecule has 8 N–H and O–H groups in total. The van der Waals surface area contributed by atoms with Crippen LogP contribution in [-0.2, 0) is 45.0 Å². The molecule has 0 saturated carbocycles. The molecule has 758 valence electrons. The van der Waals surface area contributed by atoms with Crippen molar-refractivity contribution in [1.82, 2.24) is 95.4 Å². The number of nitrogens with one attached hydrogen (secondary N) is 6. The normalized spacial score (nSPS) is 12.5. The summed E-state index contributed by atoms with van der Waals surface area (Å²) >= 11 is 20.0. The summed E-state index contributed by atoms with van der Waals surface area (Å²) in [5.41, 5.74) is 13.0. The fourth-order valence-electron chi connectivity index (χ4n) is 14.5. The maximum atomic E-state index is 13.6. The number of anilines is 3. The number of amides is 2. The Morgan fingerprint density at radius 2 is 1.39 bits per heavy atom. The molecule has 14 aromatic rings. The lowest BCUT2D eigenvalue weighted by Crippen LogP contribution is -2.44. The Kier molecular flexibility index (Phi) is 46.4. The number of rotatable bonds is 32. The summed E-state index contributed by atoms with van der Waals surface area (Å²) in [6.07, 6.45) is 23.1. The van der Waals surface area contributed by atoms with Crippen molar-refractivity contribution < 1.29 is 47.2 Å². The van der Waals surface area contributed by atoms with Crippen molar-refractivity contribution in [1.29, 1.82) is 5.26 Å². The number of likely N-dealkylation sites (N-methyl/N-ethyl adjacent to an activating group) is 2. The molecule has 2 saturated heterocycles. The molecule has 16 rings (SSSR count). The highest BCUT2D eigenvalue weighted by Crippen LogP contribution is 2.40. The van der Waals surface area contributed by atoms with E-state index in [2.05, 4.69) is 154 Å². The number of hydrogen-bond donors (Lipinski definition) is 8. The quantitative estimate of drug-likeness (QED) is 0.0110. The predicted molar refractivity (Wildman–Crippen MR) is 568 cm³/mol. The third-order valence-electron chi connectivity index (χ3n) is 22.5. The van der Waals surface area contributed by atoms with Crippen molar-refractivity contribution in [3.8, 4) is 34.5 Å². The maximum absolute atomic E-state index is 13.6. The Labute approximate surface area is 863 Å². The van der Waals surface area contributed by atoms with Crippen LogP contribution in [0, 0.1) is 39.0 Å². The van der Waals surface area contributed by atoms with Crippen LogP contribution in [0.2, 0.25) is 10.0 Å². The Morgan fingerprint density at radius 3 is 2.02 bits per heavy atom. The molecule has 2 aliphatic rings. The van der Waals surface area contributed by atoms with Gasteiger partial charge in [0.2, 0.25) is 0 Å². The van der Waals surface area contributed by atoms with Gasteiger partial charge in [-0.2, -0.15) is 18.4 Å². The number of carbonyl (C=O) groups excluding carboxylic acids is 3. The molecule has 29 nitrogen and oxygen atoms in total. The average Bonchev–Trinajstić information content (AvgIpc) is 1.17. The number of imidazole rings is 1. The van der Waals surface area contributed by atoms with Crippen LogP contribution >= 0.6 is 46.1 Å². The second-order valence-corrected chi connectivity index (χ2v) is 35.7. The Morgan fingerprint density at radius 1 is 0.697 bits per heavy atom. The third-order valence-corrected chi connectivity index (χ3v) is 24.5. The summed E-state index contributed by atoms with van der Waals surface area (Å²) in [4.78, 5) is 92.6. The summed E-state index contributed by atoms with van der Waals surface area (Å²) < 4.78 is 53.7. The summed E-state index contributed by atoms with van der Waals surface area (Å²) in [5, 5.41) is 48.5. The minimum atomic E-state index is -4.59. The van der Waals surface area contributed by atoms with Crippen molar-refractivity contribution in [2.75, 3.05) is 124 Å². The first kappa shape index (κ1) is 113. The van der Waals surface area contributed by atoms with E-state index >= 15 is 0 Å². The number of nitriles is 1. The molecule has 8 aromatic heterocycles. The van der Waals surface area contributed by atoms with E-state index in [0.717, 1.165) is 159 Å². The number of methoxy groups -OCH3 is 1. The molecule has 2 aliphatic heterocycles. The first-order chi connectivity index (χ1) is 70.1. The van der Waals surface area contributed by atoms with Gasteiger partial charge in [-0.05, 0) is 193 Å². The number of alkyl halides is 3. The lowest BCUT2D eigenvalue weighted by Gasteiger charge is -2.32. The number of pyridine rings is 3. The number of hydrogen-bond acceptors (Lipinski definition) is 27. The molecule has 0 spiro atoms. The number of piperazine rings is 2. The molecule has 36 heteroatoms. The lowest BCUT2D eigenvalue weighted by molar-refractivity contribution is -0.137. The van der Waals surface area contributed by atoms with Crippen LogP contribution in [0.1, 0.15) is 142 Å². The predicted octanol–water partition coefficient (Wildman–Crippen LogP) is 18.8. The summed E-state index contributed by atoms with van der Waals surface area (Å²) in [5.74, 6) is 2.45. The SMILES string of the molecule is C1CNCCN1.C=C/C=C(Cl)\C(=C\C)NC(=O)c1cnc(Cc2ccnc(C)n2)s1.CCN(C)CCNCc1ccc(C(=O)Cc2ccc(C)c(Cc3ncccn3)c2)cc1.CCO.COc1cc(Nc2c(C#N)cnc3cc(OCCCN4CCN(C)CC4)c(CO)cc23)c(Cl)cc1Cl.Cc1cn(-c2cc(NC(=O)c3ccc(C)c(Cc4nccc(-c5cccnc5)n4)c3)cc(C(F)(F)F)c2)cn1.c1ccncc1. The van der Waals surface area contributed by atoms with E-state index in [9.17, 15) is 37.9 Å². The zero-order chi connectivity index (χ0) is 104. The number of halogens is 6. The number of aliphatic hydroxyl groups is 2. The van der Waals surface area contributed by atoms with E-state index < -0.39 is 17.6 Å². The van der Waals surface area contributed by atoms with Crippen LogP contribution < -0.4 is 41.4 Å². The van der Waals surface area contributed by atoms with Crippen LogP contribution in [0.15, 0.2) is 262 Å². The minimum absolute atomic E-state index is 0.0193. The average molecular weight is 2050 g/mol. The first-order valence-electron chi connectivity index (χ1n) is 47.2. The molecule has 145 heavy (non-hydrogen) atoms. The van der Waals surface area contributed by atoms with Gasteiger partial charge in [-0.3, -0.25) is 29.3 Å². The third kappa shape index (κ3) is 37.1. The fraction of sp³-hybridized carbons (Fsp3) is 0.294. The zero-order valence-corrected chi connectivity index (χ0v) is 86.0. The summed E-state index contributed by atoms with van der Waals surface area (Å²) in [6, 6.07) is 46.6. The van der Waals surface area contributed by atoms with E-state index in [4.69, 9.17) is 49.4 Å². The Balaban J connectivity index is 0.000000190. The van der Waals surface area contributed by atoms with E-state index in [1.165, 1.54) is 52.7 Å². The Bertz CT molecular complexity index is 6570. The van der Waals surface area contributed by atoms with Gasteiger partial charge < -0.3 is 70.9 Å². The van der Waals surface area contributed by atoms with Gasteiger partial charge in [-0.15, -0.1) is 11.3 Å². The van der Waals surface area contributed by atoms with E-state index in [1.807, 2.05) is 86.6 Å². The fourth-order valence-corrected chi connectivity index (χ4v) is 16.1. The van der Waals surface area contributed by atoms with Crippen molar-refractivity contribution in [2.24, 2.45) is 0 Å². The smallest absolute Gasteiger partial charge is 0.416 e. The first-order valence-corrected chi connectivity index (χ1v) is 49.1. The number of Topliss-reactive ketones (excluding diaryl/α,β-unsaturated/α-hetero) is 1. The van der Waals surface area contributed by atoms with Crippen LogP contribution in [0.25, 0.3) is 27.8 Å². The van der Waals surface area contributed by atoms with Gasteiger partial charge in [0.05, 0.1) is 104 Å². The molecule has 2 fully saturated rings. The summed E-state index contributed by atoms with van der Waals surface area (Å²) in [7, 11) is 5.78. The standard InChI is InChI=1S/C29H23F3N6O.C26H29Cl2N5O3.C26H32N4O.C17H17ClN4OS.C5H5N.C4H10N2.C2H6O/c1-18-5-6-20(10-22(18)11-27-34-9-7-26(37-27)21-4-3-8-33-15-21)28(39)36-24-12-23(29(30,31)32)13-25(14-24)38-16-19(2)35-17-38;1-32-5-7-33(8-6-32)4-3-9-36-24-12-22-19(10-17(24)16-34)26(18(14-29)15-30-22)31-23-13-25(35-2)21(28)11-20(23)27;1-4-30(3)15-14-27-19-21-8-10-23(11-9-21)25(31)17-22-7-6-20(2)24(16-22)18-26-28-12-5-13-29-26;1-4-6-13(18)14(5-2)22-17(23)15-10-20-16(24-15)9-12-7-8-19-11(3)21-12;1-2-4-6-5-3-1;1-2-6-4-3-5-1;1-2-3/h3-10,12-17H,11H2,1-2H3,(H,36,39);10-13,15,34H,3-9,16H2,1-2H3,(H,30,31);5-13,16,27H,4,14-15,17-19H2,1-3H3;4-8,10H,1,9H2,2-3H3,(H,22,23);1-5H;5-6H,1-4H2;3H,2H2,1H3/b;;;13-6+,14-5-;;;. The van der Waals surface area contributed by atoms with Gasteiger partial charge in [-0.25, -0.2) is 39.9 Å². The molecule has 0 unspecified atom stereocenters. The molecular formula is C109H122Cl3F3N22O7S. The molecule has 0 bridgehead atoms. The molecule has 6 aromatic carbocycles. The highest BCUT2D eigenvalue weighted by atomic mass is 35.5. The van der Waals surface area contributed by atoms with Gasteiger partial charge in [0.1, 0.15) is 39.9 Å². The Hall–Kier alpha value is -13.8. The van der Waals surface area contributed by atoms with Gasteiger partial charge in [0.25, 0.3) is 11.8 Å². The molecule has 0 atom stereocenters. The van der Waals surface area contributed by atoms with Crippen molar-refractivity contribution in [2.45, 2.75) is 99.9 Å². The van der Waals surface area contributed by atoms with Crippen molar-refractivity contribution >= 4 is 91.7 Å². The topological polar surface area (TPSA) is 363 Å². The van der Waals surface area contributed by atoms with Gasteiger partial charge in [-0.1, -0.05) is 115 Å². The molecule has 0 radical (unpaired) electrons. The number of aromatic nitrogens is 12. The van der Waals surface area contributed by atoms with Crippen molar-refractivity contribution in [3.63, 3.8) is 0 Å². The number of allylic oxidation sites excluding steroid dienone is 4. The highest BCUT2D eigenvalue weighted by molar-refractivity contribution is 7.13. The van der Waals surface area contributed by atoms with Gasteiger partial charge >= 0.3 is 6.18 Å². The van der Waals surface area contributed by atoms with Crippen LogP contribution in [0.4, 0.5) is 30.2 Å². The minimum Gasteiger partial charge on any atom is -0.495 e. The maximum Gasteiger partial charge on any atom is 0.416 e. The second kappa shape index (κ2) is 59.4. The highest BCUT2D eigenvalue weighted by Gasteiger charge is 2.32. The van der Waals surface area contributed by atoms with Gasteiger partial charge in [0.15, 0.2) is 5.78 Å². The zero-order valence-electron chi connectivity index (χ0n) is 82.9. The van der Waals surface area contributed by atoms with Gasteiger partial charge in [0, 0.05) is 224 Å². The van der Waals surface area contributed by atoms with E-state index in [1.54, 1.807) is 149 Å². The molecule has 2 amide bonds. The lowest BCUT2D eigenvalue weighted by atomic mass is 9.97. The molecular weight excluding hydrogens is 1920 g/mol. The number of ketones is 1. The molecule has 0 aliphatic carbocycles. The monoisotopic (exact) mass is 2040 g/mol. The number of aliphatic hydroxyl groups excluding tert-OH is 2. The number of ether oxygens (including phenoxy) is 2. The van der Waals surface area contributed by atoms with Crippen LogP contribution in [0.3, 0.4) is 0 Å². The van der Waals surface area contributed by atoms with E-state index in [-0.39, 0.29) is 36.3 Å². The largest absolute Gasteiger partial charge is 0.495 e. The molecule has 10 heterocycles. The van der Waals surface area contributed by atoms with Crippen LogP contribution in [-0.4, -0.2) is 215 Å². The second-order valence-electron chi connectivity index (χ2n) is 33.4. The number of thiazole rings is 1. The van der Waals surface area contributed by atoms with Crippen LogP contribution in [0.5, 0.6) is 11.5 Å². The number of benzene rings is 6. The van der Waals surface area contributed by atoms with E-state index in [0.29, 0.717) is 126 Å². The number of aryl methyl sites for hydroxylation is 4. The van der Waals surface area contributed by atoms with Crippen molar-refractivity contribution in [3.05, 3.63) is 372 Å². The number of fused-ring (bicyclic) bond motifs is 1. The summed E-state index contributed by atoms with van der Waals surface area (Å²) in [6.45, 7) is 31.0. The number of nitrogens with zero attached hydrogens (tertiary/aromatic N) is 16. The number of carbonyl (C=O) groups is 3.